The number of aliphatic imine (C=N–C) groups is 1. The van der Waals surface area contributed by atoms with E-state index in [9.17, 15) is 4.79 Å². The van der Waals surface area contributed by atoms with Gasteiger partial charge in [-0.2, -0.15) is 0 Å². The number of ether oxygens (including phenoxy) is 1. The number of fused-ring (bicyclic) bond motifs is 1. The van der Waals surface area contributed by atoms with E-state index in [2.05, 4.69) is 42.6 Å². The molecule has 1 unspecified atom stereocenters. The molecule has 5 heteroatoms. The summed E-state index contributed by atoms with van der Waals surface area (Å²) in [6.45, 7) is 4.30. The van der Waals surface area contributed by atoms with Crippen molar-refractivity contribution < 1.29 is 9.53 Å². The van der Waals surface area contributed by atoms with Gasteiger partial charge in [-0.25, -0.2) is 0 Å². The summed E-state index contributed by atoms with van der Waals surface area (Å²) < 4.78 is 6.65. The monoisotopic (exact) mass is 367 g/mol. The van der Waals surface area contributed by atoms with Crippen LogP contribution in [0.1, 0.15) is 44.1 Å². The van der Waals surface area contributed by atoms with Gasteiger partial charge in [0, 0.05) is 25.3 Å². The lowest BCUT2D eigenvalue weighted by Crippen LogP contribution is -2.51. The number of carbonyl (C=O) groups is 1. The molecule has 1 aromatic carbocycles. The van der Waals surface area contributed by atoms with Crippen LogP contribution in [-0.4, -0.2) is 48.6 Å². The van der Waals surface area contributed by atoms with Gasteiger partial charge in [-0.05, 0) is 49.8 Å². The van der Waals surface area contributed by atoms with Gasteiger partial charge in [0.1, 0.15) is 0 Å². The summed E-state index contributed by atoms with van der Waals surface area (Å²) >= 11 is 0. The zero-order chi connectivity index (χ0) is 18.6. The molecule has 1 N–H and O–H groups in total. The van der Waals surface area contributed by atoms with Crippen LogP contribution in [0.25, 0.3) is 0 Å². The summed E-state index contributed by atoms with van der Waals surface area (Å²) in [7, 11) is 1.91. The van der Waals surface area contributed by atoms with E-state index in [-0.39, 0.29) is 24.0 Å². The highest BCUT2D eigenvalue weighted by Crippen LogP contribution is 2.52. The molecule has 5 atom stereocenters. The standard InChI is InChI=1S/C22H29N3O2/c1-14-17(15-6-4-3-5-7-15)12-19-22(13-18(14)21(26)25(22)2)27-20(24-19)16-8-10-23-11-9-16/h3-7,14,16-18,20,23H,8-13H2,1-2H3/t14-,17+,18?,20-,22+/m1/s1. The molecule has 144 valence electrons. The van der Waals surface area contributed by atoms with Crippen LogP contribution < -0.4 is 5.32 Å². The number of nitrogens with zero attached hydrogens (tertiary/aromatic N) is 2. The molecule has 0 aromatic heterocycles. The smallest absolute Gasteiger partial charge is 0.228 e. The number of likely N-dealkylation sites (tertiary alicyclic amines) is 1. The quantitative estimate of drug-likeness (QED) is 0.875. The first-order chi connectivity index (χ1) is 13.1. The highest BCUT2D eigenvalue weighted by Gasteiger charge is 2.61. The highest BCUT2D eigenvalue weighted by molar-refractivity contribution is 6.01. The van der Waals surface area contributed by atoms with Gasteiger partial charge in [0.05, 0.1) is 5.71 Å². The molecule has 5 rings (SSSR count). The van der Waals surface area contributed by atoms with Crippen molar-refractivity contribution in [2.75, 3.05) is 20.1 Å². The van der Waals surface area contributed by atoms with E-state index >= 15 is 0 Å². The Labute approximate surface area is 161 Å². The van der Waals surface area contributed by atoms with Gasteiger partial charge in [-0.3, -0.25) is 9.79 Å². The second-order valence-electron chi connectivity index (χ2n) is 8.74. The third-order valence-corrected chi connectivity index (χ3v) is 7.43. The van der Waals surface area contributed by atoms with E-state index in [1.165, 1.54) is 5.56 Å². The van der Waals surface area contributed by atoms with Crippen molar-refractivity contribution in [3.05, 3.63) is 35.9 Å². The summed E-state index contributed by atoms with van der Waals surface area (Å²) in [5.74, 6) is 1.30. The molecular weight excluding hydrogens is 338 g/mol. The normalized spacial score (nSPS) is 39.3. The first-order valence-electron chi connectivity index (χ1n) is 10.4. The molecule has 2 bridgehead atoms. The molecule has 5 nitrogen and oxygen atoms in total. The van der Waals surface area contributed by atoms with E-state index in [0.29, 0.717) is 11.8 Å². The number of carbonyl (C=O) groups excluding carboxylic acids is 1. The van der Waals surface area contributed by atoms with Crippen LogP contribution in [0, 0.1) is 17.8 Å². The maximum atomic E-state index is 13.1. The van der Waals surface area contributed by atoms with Crippen molar-refractivity contribution in [1.82, 2.24) is 10.2 Å². The van der Waals surface area contributed by atoms with Crippen molar-refractivity contribution in [2.24, 2.45) is 22.7 Å². The van der Waals surface area contributed by atoms with Crippen LogP contribution in [0.2, 0.25) is 0 Å². The molecule has 3 heterocycles. The molecule has 1 saturated carbocycles. The van der Waals surface area contributed by atoms with Gasteiger partial charge in [0.2, 0.25) is 5.91 Å². The maximum Gasteiger partial charge on any atom is 0.228 e. The molecule has 1 spiro atoms. The fourth-order valence-corrected chi connectivity index (χ4v) is 5.69. The number of rotatable bonds is 2. The minimum atomic E-state index is -0.602. The summed E-state index contributed by atoms with van der Waals surface area (Å²) in [5.41, 5.74) is 1.81. The molecule has 4 aliphatic rings. The fraction of sp³-hybridized carbons (Fsp3) is 0.636. The topological polar surface area (TPSA) is 53.9 Å². The van der Waals surface area contributed by atoms with Crippen LogP contribution in [0.5, 0.6) is 0 Å². The summed E-state index contributed by atoms with van der Waals surface area (Å²) in [6, 6.07) is 10.6. The molecule has 3 fully saturated rings. The SMILES string of the molecule is C[C@H]1C2C[C@@]3(O[C@H](C4CCNCC4)N=C3C[C@@H]1c1ccccc1)N(C)C2=O. The first-order valence-corrected chi connectivity index (χ1v) is 10.4. The minimum Gasteiger partial charge on any atom is -0.325 e. The van der Waals surface area contributed by atoms with Crippen molar-refractivity contribution in [1.29, 1.82) is 0 Å². The van der Waals surface area contributed by atoms with Gasteiger partial charge < -0.3 is 15.0 Å². The van der Waals surface area contributed by atoms with Crippen LogP contribution in [0.15, 0.2) is 35.3 Å². The summed E-state index contributed by atoms with van der Waals surface area (Å²) in [5, 5.41) is 3.42. The maximum absolute atomic E-state index is 13.1. The number of hydrogen-bond acceptors (Lipinski definition) is 4. The lowest BCUT2D eigenvalue weighted by Gasteiger charge is -2.36. The highest BCUT2D eigenvalue weighted by atomic mass is 16.6. The van der Waals surface area contributed by atoms with E-state index in [1.807, 2.05) is 11.9 Å². The molecule has 27 heavy (non-hydrogen) atoms. The third kappa shape index (κ3) is 2.59. The van der Waals surface area contributed by atoms with Crippen molar-refractivity contribution in [2.45, 2.75) is 50.5 Å². The number of hydrogen-bond donors (Lipinski definition) is 1. The number of amides is 1. The minimum absolute atomic E-state index is 0.0136. The van der Waals surface area contributed by atoms with Gasteiger partial charge >= 0.3 is 0 Å². The average molecular weight is 367 g/mol. The molecule has 1 aromatic rings. The van der Waals surface area contributed by atoms with Crippen molar-refractivity contribution in [3.63, 3.8) is 0 Å². The van der Waals surface area contributed by atoms with Crippen molar-refractivity contribution >= 4 is 11.6 Å². The second kappa shape index (κ2) is 6.42. The lowest BCUT2D eigenvalue weighted by molar-refractivity contribution is -0.149. The van der Waals surface area contributed by atoms with Gasteiger partial charge in [0.25, 0.3) is 0 Å². The Morgan fingerprint density at radius 3 is 2.67 bits per heavy atom. The number of piperidine rings is 1. The van der Waals surface area contributed by atoms with Crippen LogP contribution in [0.4, 0.5) is 0 Å². The van der Waals surface area contributed by atoms with Crippen molar-refractivity contribution in [3.8, 4) is 0 Å². The van der Waals surface area contributed by atoms with E-state index in [0.717, 1.165) is 44.5 Å². The molecule has 1 aliphatic carbocycles. The predicted octanol–water partition coefficient (Wildman–Crippen LogP) is 2.78. The Morgan fingerprint density at radius 1 is 1.19 bits per heavy atom. The Hall–Kier alpha value is -1.72. The van der Waals surface area contributed by atoms with Gasteiger partial charge in [0.15, 0.2) is 12.0 Å². The number of benzene rings is 1. The van der Waals surface area contributed by atoms with Crippen LogP contribution in [0.3, 0.4) is 0 Å². The largest absolute Gasteiger partial charge is 0.325 e. The van der Waals surface area contributed by atoms with Gasteiger partial charge in [-0.1, -0.05) is 37.3 Å². The fourth-order valence-electron chi connectivity index (χ4n) is 5.69. The predicted molar refractivity (Wildman–Crippen MR) is 104 cm³/mol. The van der Waals surface area contributed by atoms with Crippen LogP contribution >= 0.6 is 0 Å². The molecule has 2 saturated heterocycles. The average Bonchev–Trinajstić information content (AvgIpc) is 3.16. The van der Waals surface area contributed by atoms with E-state index in [1.54, 1.807) is 0 Å². The summed E-state index contributed by atoms with van der Waals surface area (Å²) in [4.78, 5) is 20.1. The zero-order valence-electron chi connectivity index (χ0n) is 16.2. The third-order valence-electron chi connectivity index (χ3n) is 7.43. The Balaban J connectivity index is 1.53. The molecule has 0 radical (unpaired) electrons. The summed E-state index contributed by atoms with van der Waals surface area (Å²) in [6.07, 6.45) is 3.74. The van der Waals surface area contributed by atoms with E-state index < -0.39 is 5.72 Å². The Kier molecular flexibility index (Phi) is 4.13. The molecule has 3 aliphatic heterocycles. The first kappa shape index (κ1) is 17.4. The van der Waals surface area contributed by atoms with E-state index in [4.69, 9.17) is 9.73 Å². The Morgan fingerprint density at radius 2 is 1.93 bits per heavy atom. The number of nitrogens with one attached hydrogen (secondary N) is 1. The molecular formula is C22H29N3O2. The lowest BCUT2D eigenvalue weighted by atomic mass is 9.78. The molecule has 1 amide bonds. The second-order valence-corrected chi connectivity index (χ2v) is 8.74. The van der Waals surface area contributed by atoms with Crippen LogP contribution in [-0.2, 0) is 9.53 Å². The van der Waals surface area contributed by atoms with Gasteiger partial charge in [-0.15, -0.1) is 0 Å². The zero-order valence-corrected chi connectivity index (χ0v) is 16.2. The Bertz CT molecular complexity index is 758.